The molecule has 2 heterocycles. The summed E-state index contributed by atoms with van der Waals surface area (Å²) in [5.41, 5.74) is -1.62. The van der Waals surface area contributed by atoms with Crippen LogP contribution in [0.1, 0.15) is 53.9 Å². The molecule has 200 valence electrons. The molecule has 1 unspecified atom stereocenters. The van der Waals surface area contributed by atoms with Gasteiger partial charge in [-0.2, -0.15) is 26.3 Å². The van der Waals surface area contributed by atoms with Crippen molar-refractivity contribution in [3.8, 4) is 11.6 Å². The van der Waals surface area contributed by atoms with Crippen molar-refractivity contribution >= 4 is 16.8 Å². The molecule has 4 aromatic rings. The molecule has 0 aliphatic heterocycles. The molecule has 1 amide bonds. The number of nitrogens with one attached hydrogen (secondary N) is 1. The minimum absolute atomic E-state index is 0.156. The number of hydrogen-bond donors (Lipinski definition) is 1. The Morgan fingerprint density at radius 1 is 0.868 bits per heavy atom. The zero-order valence-corrected chi connectivity index (χ0v) is 20.4. The van der Waals surface area contributed by atoms with E-state index in [1.807, 2.05) is 13.8 Å². The third-order valence-corrected chi connectivity index (χ3v) is 5.18. The van der Waals surface area contributed by atoms with Crippen LogP contribution in [0.15, 0.2) is 67.0 Å². The molecule has 0 aliphatic carbocycles. The Morgan fingerprint density at radius 2 is 1.55 bits per heavy atom. The first-order valence-electron chi connectivity index (χ1n) is 11.4. The van der Waals surface area contributed by atoms with E-state index in [-0.39, 0.29) is 22.3 Å². The van der Waals surface area contributed by atoms with Crippen LogP contribution in [0.25, 0.3) is 10.9 Å². The molecule has 0 fully saturated rings. The number of nitrogens with zero attached hydrogens (tertiary/aromatic N) is 3. The molecule has 0 saturated heterocycles. The van der Waals surface area contributed by atoms with Gasteiger partial charge in [0.25, 0.3) is 11.8 Å². The number of ether oxygens (including phenoxy) is 1. The fourth-order valence-corrected chi connectivity index (χ4v) is 3.41. The molecule has 0 spiro atoms. The average Bonchev–Trinajstić information content (AvgIpc) is 2.89. The maximum Gasteiger partial charge on any atom is 0.418 e. The molecule has 4 rings (SSSR count). The van der Waals surface area contributed by atoms with Gasteiger partial charge in [0.2, 0.25) is 0 Å². The highest BCUT2D eigenvalue weighted by Crippen LogP contribution is 2.34. The van der Waals surface area contributed by atoms with E-state index in [1.54, 1.807) is 18.2 Å². The third kappa shape index (κ3) is 6.55. The van der Waals surface area contributed by atoms with Gasteiger partial charge in [0.05, 0.1) is 28.9 Å². The number of alkyl halides is 6. The summed E-state index contributed by atoms with van der Waals surface area (Å²) in [6.07, 6.45) is -7.62. The summed E-state index contributed by atoms with van der Waals surface area (Å²) in [7, 11) is 0. The number of carbonyl (C=O) groups excluding carboxylic acids is 1. The van der Waals surface area contributed by atoms with Crippen molar-refractivity contribution in [2.24, 2.45) is 0 Å². The Labute approximate surface area is 213 Å². The molecule has 2 aromatic heterocycles. The second-order valence-corrected chi connectivity index (χ2v) is 7.72. The van der Waals surface area contributed by atoms with Crippen molar-refractivity contribution in [1.29, 1.82) is 0 Å². The lowest BCUT2D eigenvalue weighted by Gasteiger charge is -2.18. The van der Waals surface area contributed by atoms with Gasteiger partial charge in [0.1, 0.15) is 11.3 Å². The SMILES string of the molecule is CC.CC(NC(=O)c1c(Oc2cncc(C(F)(F)F)c2)nnc2ccccc12)c1cccc(C(F)(F)F)c1. The monoisotopic (exact) mass is 536 g/mol. The minimum atomic E-state index is -4.68. The van der Waals surface area contributed by atoms with Crippen molar-refractivity contribution in [3.05, 3.63) is 89.2 Å². The van der Waals surface area contributed by atoms with Crippen molar-refractivity contribution < 1.29 is 35.9 Å². The van der Waals surface area contributed by atoms with E-state index in [1.165, 1.54) is 25.1 Å². The van der Waals surface area contributed by atoms with Gasteiger partial charge in [0.15, 0.2) is 0 Å². The van der Waals surface area contributed by atoms with Crippen LogP contribution in [-0.4, -0.2) is 21.1 Å². The molecule has 6 nitrogen and oxygen atoms in total. The summed E-state index contributed by atoms with van der Waals surface area (Å²) < 4.78 is 84.0. The molecule has 1 N–H and O–H groups in total. The number of pyridine rings is 1. The number of fused-ring (bicyclic) bond motifs is 1. The lowest BCUT2D eigenvalue weighted by Crippen LogP contribution is -2.28. The van der Waals surface area contributed by atoms with Crippen LogP contribution in [0.2, 0.25) is 0 Å². The van der Waals surface area contributed by atoms with Crippen LogP contribution in [0.5, 0.6) is 11.6 Å². The van der Waals surface area contributed by atoms with E-state index in [4.69, 9.17) is 4.74 Å². The van der Waals surface area contributed by atoms with Gasteiger partial charge in [-0.15, -0.1) is 10.2 Å². The standard InChI is InChI=1S/C24H16F6N4O2.C2H6/c1-13(14-5-4-6-15(9-14)23(25,26)27)32-21(35)20-18-7-2-3-8-19(18)33-34-22(20)36-17-10-16(11-31-12-17)24(28,29)30;1-2/h2-13H,1H3,(H,32,35);1-2H3. The van der Waals surface area contributed by atoms with Crippen molar-refractivity contribution in [2.75, 3.05) is 0 Å². The topological polar surface area (TPSA) is 77.0 Å². The normalized spacial score (nSPS) is 12.3. The summed E-state index contributed by atoms with van der Waals surface area (Å²) >= 11 is 0. The van der Waals surface area contributed by atoms with Gasteiger partial charge in [-0.3, -0.25) is 9.78 Å². The summed E-state index contributed by atoms with van der Waals surface area (Å²) in [5.74, 6) is -1.51. The number of amides is 1. The number of halogens is 6. The molecule has 38 heavy (non-hydrogen) atoms. The van der Waals surface area contributed by atoms with E-state index < -0.39 is 41.3 Å². The first-order chi connectivity index (χ1) is 17.9. The second kappa shape index (κ2) is 11.4. The number of aromatic nitrogens is 3. The molecule has 1 atom stereocenters. The fourth-order valence-electron chi connectivity index (χ4n) is 3.41. The maximum atomic E-state index is 13.3. The molecule has 0 aliphatic rings. The van der Waals surface area contributed by atoms with E-state index >= 15 is 0 Å². The predicted octanol–water partition coefficient (Wildman–Crippen LogP) is 7.37. The smallest absolute Gasteiger partial charge is 0.418 e. The number of carbonyl (C=O) groups is 1. The molecule has 0 saturated carbocycles. The largest absolute Gasteiger partial charge is 0.435 e. The van der Waals surface area contributed by atoms with Crippen LogP contribution in [0, 0.1) is 0 Å². The molecule has 0 bridgehead atoms. The fraction of sp³-hybridized carbons (Fsp3) is 0.231. The Hall–Kier alpha value is -4.22. The van der Waals surface area contributed by atoms with E-state index in [9.17, 15) is 31.1 Å². The van der Waals surface area contributed by atoms with Crippen LogP contribution < -0.4 is 10.1 Å². The number of benzene rings is 2. The Balaban J connectivity index is 0.00000195. The zero-order valence-electron chi connectivity index (χ0n) is 20.4. The first-order valence-corrected chi connectivity index (χ1v) is 11.4. The highest BCUT2D eigenvalue weighted by atomic mass is 19.4. The van der Waals surface area contributed by atoms with E-state index in [0.717, 1.165) is 18.3 Å². The highest BCUT2D eigenvalue weighted by molar-refractivity contribution is 6.08. The Kier molecular flexibility index (Phi) is 8.54. The van der Waals surface area contributed by atoms with Gasteiger partial charge < -0.3 is 10.1 Å². The van der Waals surface area contributed by atoms with Gasteiger partial charge >= 0.3 is 12.4 Å². The van der Waals surface area contributed by atoms with Crippen LogP contribution in [-0.2, 0) is 12.4 Å². The van der Waals surface area contributed by atoms with Gasteiger partial charge in [0, 0.05) is 11.6 Å². The van der Waals surface area contributed by atoms with Crippen LogP contribution >= 0.6 is 0 Å². The lowest BCUT2D eigenvalue weighted by molar-refractivity contribution is -0.138. The number of hydrogen-bond acceptors (Lipinski definition) is 5. The Bertz CT molecular complexity index is 1420. The summed E-state index contributed by atoms with van der Waals surface area (Å²) in [5, 5.41) is 10.7. The second-order valence-electron chi connectivity index (χ2n) is 7.72. The molecular weight excluding hydrogens is 514 g/mol. The van der Waals surface area contributed by atoms with Crippen molar-refractivity contribution in [2.45, 2.75) is 39.2 Å². The molecule has 0 radical (unpaired) electrons. The van der Waals surface area contributed by atoms with Crippen LogP contribution in [0.4, 0.5) is 26.3 Å². The van der Waals surface area contributed by atoms with E-state index in [2.05, 4.69) is 20.5 Å². The summed E-state index contributed by atoms with van der Waals surface area (Å²) in [4.78, 5) is 16.8. The molecule has 2 aromatic carbocycles. The van der Waals surface area contributed by atoms with Crippen molar-refractivity contribution in [1.82, 2.24) is 20.5 Å². The summed E-state index contributed by atoms with van der Waals surface area (Å²) in [6, 6.07) is 10.6. The van der Waals surface area contributed by atoms with E-state index in [0.29, 0.717) is 17.8 Å². The van der Waals surface area contributed by atoms with Crippen LogP contribution in [0.3, 0.4) is 0 Å². The zero-order chi connectivity index (χ0) is 28.1. The predicted molar refractivity (Wildman–Crippen MR) is 128 cm³/mol. The lowest BCUT2D eigenvalue weighted by atomic mass is 10.0. The quantitative estimate of drug-likeness (QED) is 0.270. The Morgan fingerprint density at radius 3 is 2.24 bits per heavy atom. The minimum Gasteiger partial charge on any atom is -0.435 e. The average molecular weight is 536 g/mol. The summed E-state index contributed by atoms with van der Waals surface area (Å²) in [6.45, 7) is 5.49. The van der Waals surface area contributed by atoms with Crippen molar-refractivity contribution in [3.63, 3.8) is 0 Å². The van der Waals surface area contributed by atoms with Gasteiger partial charge in [-0.25, -0.2) is 0 Å². The third-order valence-electron chi connectivity index (χ3n) is 5.18. The highest BCUT2D eigenvalue weighted by Gasteiger charge is 2.32. The maximum absolute atomic E-state index is 13.3. The molecular formula is C26H22F6N4O2. The van der Waals surface area contributed by atoms with Gasteiger partial charge in [-0.05, 0) is 36.8 Å². The number of rotatable bonds is 5. The van der Waals surface area contributed by atoms with Gasteiger partial charge in [-0.1, -0.05) is 44.2 Å². The molecule has 12 heteroatoms. The first kappa shape index (κ1) is 28.4.